The molecule has 1 rings (SSSR count). The Morgan fingerprint density at radius 1 is 1.33 bits per heavy atom. The average molecular weight is 168 g/mol. The molecule has 1 heterocycles. The van der Waals surface area contributed by atoms with Crippen molar-refractivity contribution in [3.8, 4) is 0 Å². The van der Waals surface area contributed by atoms with Gasteiger partial charge in [0.25, 0.3) is 0 Å². The van der Waals surface area contributed by atoms with Crippen LogP contribution in [0.3, 0.4) is 0 Å². The number of rotatable bonds is 2. The zero-order valence-corrected chi connectivity index (χ0v) is 8.89. The van der Waals surface area contributed by atoms with Crippen molar-refractivity contribution < 1.29 is 0 Å². The maximum Gasteiger partial charge on any atom is 0.0650 e. The van der Waals surface area contributed by atoms with Gasteiger partial charge < -0.3 is 0 Å². The van der Waals surface area contributed by atoms with Crippen molar-refractivity contribution in [1.82, 2.24) is 9.78 Å². The quantitative estimate of drug-likeness (QED) is 0.664. The molecule has 0 radical (unpaired) electrons. The summed E-state index contributed by atoms with van der Waals surface area (Å²) in [5, 5.41) is 4.36. The lowest BCUT2D eigenvalue weighted by atomic mass is 10.2. The van der Waals surface area contributed by atoms with E-state index >= 15 is 0 Å². The minimum Gasteiger partial charge on any atom is -0.272 e. The van der Waals surface area contributed by atoms with Crippen LogP contribution >= 0.6 is 0 Å². The first-order valence-corrected chi connectivity index (χ1v) is 4.80. The summed E-state index contributed by atoms with van der Waals surface area (Å²) in [4.78, 5) is 0. The molecule has 0 bridgehead atoms. The number of hydrogen-bond donors (Lipinski definition) is 0. The highest BCUT2D eigenvalue weighted by Gasteiger charge is 1.99. The second kappa shape index (κ2) is 5.81. The highest BCUT2D eigenvalue weighted by atomic mass is 15.3. The molecule has 1 aromatic rings. The molecule has 0 aliphatic heterocycles. The van der Waals surface area contributed by atoms with Crippen molar-refractivity contribution in [3.05, 3.63) is 17.5 Å². The van der Waals surface area contributed by atoms with Crippen LogP contribution in [0.1, 0.15) is 39.0 Å². The zero-order chi connectivity index (χ0) is 9.56. The molecular formula is C10H20N2. The topological polar surface area (TPSA) is 17.8 Å². The molecule has 0 N–H and O–H groups in total. The van der Waals surface area contributed by atoms with Crippen molar-refractivity contribution in [2.45, 2.75) is 47.6 Å². The van der Waals surface area contributed by atoms with E-state index in [-0.39, 0.29) is 0 Å². The summed E-state index contributed by atoms with van der Waals surface area (Å²) in [5.41, 5.74) is 2.53. The molecule has 0 spiro atoms. The van der Waals surface area contributed by atoms with Crippen molar-refractivity contribution in [2.75, 3.05) is 0 Å². The molecule has 0 atom stereocenters. The van der Waals surface area contributed by atoms with Crippen molar-refractivity contribution in [1.29, 1.82) is 0 Å². The fourth-order valence-electron chi connectivity index (χ4n) is 1.07. The molecule has 1 aromatic heterocycles. The third-order valence-electron chi connectivity index (χ3n) is 1.71. The van der Waals surface area contributed by atoms with Gasteiger partial charge >= 0.3 is 0 Å². The second-order valence-electron chi connectivity index (χ2n) is 2.47. The molecule has 70 valence electrons. The Bertz CT molecular complexity index is 214. The van der Waals surface area contributed by atoms with Gasteiger partial charge in [-0.1, -0.05) is 20.8 Å². The fourth-order valence-corrected chi connectivity index (χ4v) is 1.07. The van der Waals surface area contributed by atoms with Gasteiger partial charge in [-0.25, -0.2) is 0 Å². The van der Waals surface area contributed by atoms with Gasteiger partial charge in [0.1, 0.15) is 0 Å². The summed E-state index contributed by atoms with van der Waals surface area (Å²) >= 11 is 0. The molecule has 0 aromatic carbocycles. The number of aryl methyl sites for hydroxylation is 3. The first-order chi connectivity index (χ1) is 5.77. The van der Waals surface area contributed by atoms with Crippen LogP contribution in [0.5, 0.6) is 0 Å². The van der Waals surface area contributed by atoms with E-state index in [9.17, 15) is 0 Å². The van der Waals surface area contributed by atoms with Crippen molar-refractivity contribution in [2.24, 2.45) is 0 Å². The van der Waals surface area contributed by atoms with Crippen LogP contribution < -0.4 is 0 Å². The van der Waals surface area contributed by atoms with Crippen LogP contribution in [-0.4, -0.2) is 9.78 Å². The van der Waals surface area contributed by atoms with E-state index in [0.29, 0.717) is 0 Å². The van der Waals surface area contributed by atoms with Crippen molar-refractivity contribution >= 4 is 0 Å². The molecule has 12 heavy (non-hydrogen) atoms. The number of hydrogen-bond acceptors (Lipinski definition) is 1. The van der Waals surface area contributed by atoms with Gasteiger partial charge in [-0.15, -0.1) is 0 Å². The summed E-state index contributed by atoms with van der Waals surface area (Å²) in [5.74, 6) is 0. The van der Waals surface area contributed by atoms with Gasteiger partial charge in [-0.3, -0.25) is 4.68 Å². The van der Waals surface area contributed by atoms with Crippen LogP contribution in [0.15, 0.2) is 6.20 Å². The highest BCUT2D eigenvalue weighted by molar-refractivity contribution is 5.14. The molecular weight excluding hydrogens is 148 g/mol. The Labute approximate surface area is 75.6 Å². The molecule has 2 heteroatoms. The van der Waals surface area contributed by atoms with Crippen LogP contribution in [0.4, 0.5) is 0 Å². The monoisotopic (exact) mass is 168 g/mol. The van der Waals surface area contributed by atoms with E-state index in [1.54, 1.807) is 0 Å². The summed E-state index contributed by atoms with van der Waals surface area (Å²) in [6.07, 6.45) is 3.14. The smallest absolute Gasteiger partial charge is 0.0650 e. The van der Waals surface area contributed by atoms with Gasteiger partial charge in [0.05, 0.1) is 5.69 Å². The summed E-state index contributed by atoms with van der Waals surface area (Å²) in [7, 11) is 0. The average Bonchev–Trinajstić information content (AvgIpc) is 2.49. The van der Waals surface area contributed by atoms with Gasteiger partial charge in [-0.2, -0.15) is 5.10 Å². The molecule has 0 aliphatic carbocycles. The lowest BCUT2D eigenvalue weighted by molar-refractivity contribution is 0.648. The van der Waals surface area contributed by atoms with Crippen LogP contribution in [0.25, 0.3) is 0 Å². The lowest BCUT2D eigenvalue weighted by Crippen LogP contribution is -1.94. The van der Waals surface area contributed by atoms with E-state index in [2.05, 4.69) is 32.1 Å². The largest absolute Gasteiger partial charge is 0.272 e. The minimum absolute atomic E-state index is 0.973. The van der Waals surface area contributed by atoms with E-state index in [4.69, 9.17) is 0 Å². The minimum atomic E-state index is 0.973. The third-order valence-corrected chi connectivity index (χ3v) is 1.71. The number of aromatic nitrogens is 2. The van der Waals surface area contributed by atoms with E-state index in [1.165, 1.54) is 11.3 Å². The van der Waals surface area contributed by atoms with Crippen LogP contribution in [-0.2, 0) is 13.0 Å². The van der Waals surface area contributed by atoms with Gasteiger partial charge in [0.15, 0.2) is 0 Å². The van der Waals surface area contributed by atoms with Gasteiger partial charge in [0.2, 0.25) is 0 Å². The first kappa shape index (κ1) is 11.2. The molecule has 0 unspecified atom stereocenters. The predicted molar refractivity (Wildman–Crippen MR) is 53.4 cm³/mol. The van der Waals surface area contributed by atoms with Gasteiger partial charge in [-0.05, 0) is 25.8 Å². The fraction of sp³-hybridized carbons (Fsp3) is 0.700. The second-order valence-corrected chi connectivity index (χ2v) is 2.47. The third kappa shape index (κ3) is 2.68. The molecule has 0 saturated heterocycles. The number of nitrogens with zero attached hydrogens (tertiary/aromatic N) is 2. The summed E-state index contributed by atoms with van der Waals surface area (Å²) in [6.45, 7) is 11.3. The predicted octanol–water partition coefficient (Wildman–Crippen LogP) is 2.80. The maximum absolute atomic E-state index is 4.36. The SMILES string of the molecule is CC.CCc1nn(CC)cc1C. The Morgan fingerprint density at radius 3 is 2.17 bits per heavy atom. The molecule has 0 aliphatic rings. The molecule has 2 nitrogen and oxygen atoms in total. The first-order valence-electron chi connectivity index (χ1n) is 4.80. The zero-order valence-electron chi connectivity index (χ0n) is 8.89. The van der Waals surface area contributed by atoms with Crippen LogP contribution in [0, 0.1) is 6.92 Å². The lowest BCUT2D eigenvalue weighted by Gasteiger charge is -1.90. The van der Waals surface area contributed by atoms with E-state index in [0.717, 1.165) is 13.0 Å². The Morgan fingerprint density at radius 2 is 1.92 bits per heavy atom. The molecule has 0 saturated carbocycles. The normalized spacial score (nSPS) is 9.08. The molecule has 0 amide bonds. The maximum atomic E-state index is 4.36. The molecule has 0 fully saturated rings. The highest BCUT2D eigenvalue weighted by Crippen LogP contribution is 2.04. The van der Waals surface area contributed by atoms with E-state index in [1.807, 2.05) is 18.5 Å². The van der Waals surface area contributed by atoms with Crippen LogP contribution in [0.2, 0.25) is 0 Å². The summed E-state index contributed by atoms with van der Waals surface area (Å²) in [6, 6.07) is 0. The Balaban J connectivity index is 0.000000561. The summed E-state index contributed by atoms with van der Waals surface area (Å²) < 4.78 is 1.98. The Kier molecular flexibility index (Phi) is 5.43. The Hall–Kier alpha value is -0.790. The van der Waals surface area contributed by atoms with Gasteiger partial charge in [0, 0.05) is 12.7 Å². The van der Waals surface area contributed by atoms with E-state index < -0.39 is 0 Å². The van der Waals surface area contributed by atoms with Crippen molar-refractivity contribution in [3.63, 3.8) is 0 Å². The standard InChI is InChI=1S/C8H14N2.C2H6/c1-4-8-7(3)6-10(5-2)9-8;1-2/h6H,4-5H2,1-3H3;1-2H3.